The first-order chi connectivity index (χ1) is 12.4. The van der Waals surface area contributed by atoms with Crippen LogP contribution in [-0.4, -0.2) is 27.0 Å². The van der Waals surface area contributed by atoms with Crippen LogP contribution in [0.3, 0.4) is 0 Å². The van der Waals surface area contributed by atoms with Crippen molar-refractivity contribution in [2.45, 2.75) is 12.8 Å². The summed E-state index contributed by atoms with van der Waals surface area (Å²) in [5, 5.41) is 11.3. The molecule has 4 rings (SSSR count). The van der Waals surface area contributed by atoms with Crippen molar-refractivity contribution >= 4 is 35.1 Å². The number of ether oxygens (including phenoxy) is 2. The van der Waals surface area contributed by atoms with Crippen molar-refractivity contribution in [3.63, 3.8) is 0 Å². The number of thiophene rings is 1. The molecule has 2 N–H and O–H groups in total. The zero-order valence-corrected chi connectivity index (χ0v) is 14.5. The Morgan fingerprint density at radius 1 is 1.35 bits per heavy atom. The van der Waals surface area contributed by atoms with Gasteiger partial charge in [-0.2, -0.15) is 5.10 Å². The highest BCUT2D eigenvalue weighted by molar-refractivity contribution is 7.71. The monoisotopic (exact) mass is 396 g/mol. The Kier molecular flexibility index (Phi) is 3.96. The van der Waals surface area contributed by atoms with Crippen molar-refractivity contribution in [1.29, 1.82) is 0 Å². The lowest BCUT2D eigenvalue weighted by molar-refractivity contribution is -0.286. The lowest BCUT2D eigenvalue weighted by atomic mass is 10.3. The Hall–Kier alpha value is -2.79. The summed E-state index contributed by atoms with van der Waals surface area (Å²) in [4.78, 5) is 13.2. The number of carbonyl (C=O) groups excluding carboxylic acids is 1. The molecule has 3 aromatic rings. The molecule has 0 saturated heterocycles. The molecule has 0 bridgehead atoms. The third kappa shape index (κ3) is 3.18. The summed E-state index contributed by atoms with van der Waals surface area (Å²) in [7, 11) is 0. The highest BCUT2D eigenvalue weighted by Gasteiger charge is 2.43. The van der Waals surface area contributed by atoms with E-state index >= 15 is 0 Å². The fourth-order valence-corrected chi connectivity index (χ4v) is 3.35. The van der Waals surface area contributed by atoms with Gasteiger partial charge in [0.05, 0.1) is 4.88 Å². The van der Waals surface area contributed by atoms with Crippen LogP contribution in [0.2, 0.25) is 0 Å². The molecular formula is C15H10F2N4O3S2. The van der Waals surface area contributed by atoms with Crippen LogP contribution in [0, 0.1) is 4.77 Å². The molecule has 0 fully saturated rings. The summed E-state index contributed by atoms with van der Waals surface area (Å²) >= 11 is 6.63. The van der Waals surface area contributed by atoms with E-state index in [0.29, 0.717) is 16.3 Å². The highest BCUT2D eigenvalue weighted by atomic mass is 32.1. The van der Waals surface area contributed by atoms with Gasteiger partial charge in [-0.25, -0.2) is 0 Å². The molecule has 1 amide bonds. The molecule has 1 aromatic carbocycles. The summed E-state index contributed by atoms with van der Waals surface area (Å²) in [5.41, 5.74) is 0.294. The number of carbonyl (C=O) groups is 1. The van der Waals surface area contributed by atoms with Crippen LogP contribution in [0.4, 0.5) is 14.5 Å². The summed E-state index contributed by atoms with van der Waals surface area (Å²) in [6, 6.07) is 7.73. The fraction of sp³-hybridized carbons (Fsp3) is 0.133. The van der Waals surface area contributed by atoms with Crippen molar-refractivity contribution in [1.82, 2.24) is 14.8 Å². The Bertz CT molecular complexity index is 1030. The number of aromatic amines is 1. The van der Waals surface area contributed by atoms with Gasteiger partial charge in [0.25, 0.3) is 0 Å². The second-order valence-corrected chi connectivity index (χ2v) is 6.63. The van der Waals surface area contributed by atoms with Gasteiger partial charge >= 0.3 is 6.29 Å². The molecule has 0 atom stereocenters. The lowest BCUT2D eigenvalue weighted by Gasteiger charge is -2.08. The molecular weight excluding hydrogens is 386 g/mol. The summed E-state index contributed by atoms with van der Waals surface area (Å²) in [6.07, 6.45) is -3.70. The van der Waals surface area contributed by atoms with E-state index in [9.17, 15) is 13.6 Å². The number of aromatic nitrogens is 3. The van der Waals surface area contributed by atoms with E-state index in [0.717, 1.165) is 4.88 Å². The number of rotatable bonds is 4. The minimum absolute atomic E-state index is 0.0901. The van der Waals surface area contributed by atoms with Crippen molar-refractivity contribution in [3.05, 3.63) is 40.5 Å². The molecule has 3 heterocycles. The van der Waals surface area contributed by atoms with Gasteiger partial charge < -0.3 is 14.8 Å². The molecule has 0 radical (unpaired) electrons. The minimum Gasteiger partial charge on any atom is -0.395 e. The van der Waals surface area contributed by atoms with E-state index in [4.69, 9.17) is 12.2 Å². The van der Waals surface area contributed by atoms with Crippen LogP contribution < -0.4 is 14.8 Å². The summed E-state index contributed by atoms with van der Waals surface area (Å²) in [5.74, 6) is -0.0894. The maximum Gasteiger partial charge on any atom is 0.586 e. The molecule has 0 spiro atoms. The van der Waals surface area contributed by atoms with Crippen molar-refractivity contribution in [3.8, 4) is 22.2 Å². The van der Waals surface area contributed by atoms with Gasteiger partial charge in [0, 0.05) is 11.8 Å². The number of fused-ring (bicyclic) bond motifs is 1. The average Bonchev–Trinajstić information content (AvgIpc) is 3.26. The topological polar surface area (TPSA) is 81.2 Å². The van der Waals surface area contributed by atoms with Crippen molar-refractivity contribution < 1.29 is 23.0 Å². The van der Waals surface area contributed by atoms with Crippen LogP contribution in [0.1, 0.15) is 0 Å². The number of alkyl halides is 2. The number of amides is 1. The molecule has 0 unspecified atom stereocenters. The Morgan fingerprint density at radius 2 is 2.15 bits per heavy atom. The van der Waals surface area contributed by atoms with Crippen LogP contribution in [0.25, 0.3) is 10.7 Å². The van der Waals surface area contributed by atoms with E-state index < -0.39 is 12.2 Å². The average molecular weight is 396 g/mol. The third-order valence-corrected chi connectivity index (χ3v) is 4.66. The number of hydrogen-bond donors (Lipinski definition) is 2. The molecule has 11 heteroatoms. The number of nitrogens with one attached hydrogen (secondary N) is 2. The molecule has 0 aliphatic carbocycles. The van der Waals surface area contributed by atoms with E-state index in [1.807, 2.05) is 17.5 Å². The second kappa shape index (κ2) is 6.18. The molecule has 2 aromatic heterocycles. The predicted octanol–water partition coefficient (Wildman–Crippen LogP) is 3.63. The zero-order chi connectivity index (χ0) is 18.3. The molecule has 134 valence electrons. The predicted molar refractivity (Wildman–Crippen MR) is 92.0 cm³/mol. The third-order valence-electron chi connectivity index (χ3n) is 3.49. The van der Waals surface area contributed by atoms with Gasteiger partial charge in [0.15, 0.2) is 22.1 Å². The first-order valence-corrected chi connectivity index (χ1v) is 8.59. The van der Waals surface area contributed by atoms with Gasteiger partial charge in [-0.1, -0.05) is 6.07 Å². The molecule has 7 nitrogen and oxygen atoms in total. The lowest BCUT2D eigenvalue weighted by Crippen LogP contribution is -2.25. The smallest absolute Gasteiger partial charge is 0.395 e. The highest BCUT2D eigenvalue weighted by Crippen LogP contribution is 2.42. The van der Waals surface area contributed by atoms with E-state index in [-0.39, 0.29) is 18.0 Å². The number of H-pyrrole nitrogens is 1. The maximum absolute atomic E-state index is 13.1. The number of anilines is 1. The second-order valence-electron chi connectivity index (χ2n) is 5.29. The SMILES string of the molecule is O=C(Cn1c(-c2cccs2)n[nH]c1=S)Nc1ccc2c(c1)OC(F)(F)O2. The van der Waals surface area contributed by atoms with E-state index in [1.54, 1.807) is 4.57 Å². The maximum atomic E-state index is 13.1. The van der Waals surface area contributed by atoms with E-state index in [1.165, 1.54) is 29.5 Å². The largest absolute Gasteiger partial charge is 0.586 e. The molecule has 26 heavy (non-hydrogen) atoms. The van der Waals surface area contributed by atoms with Gasteiger partial charge in [0.2, 0.25) is 5.91 Å². The summed E-state index contributed by atoms with van der Waals surface area (Å²) in [6.45, 7) is -0.0901. The van der Waals surface area contributed by atoms with Crippen LogP contribution >= 0.6 is 23.6 Å². The summed E-state index contributed by atoms with van der Waals surface area (Å²) < 4.78 is 36.6. The van der Waals surface area contributed by atoms with Gasteiger partial charge in [-0.3, -0.25) is 14.5 Å². The Morgan fingerprint density at radius 3 is 2.92 bits per heavy atom. The van der Waals surface area contributed by atoms with E-state index in [2.05, 4.69) is 25.0 Å². The first kappa shape index (κ1) is 16.7. The Labute approximate surface area is 154 Å². The zero-order valence-electron chi connectivity index (χ0n) is 12.9. The van der Waals surface area contributed by atoms with Crippen molar-refractivity contribution in [2.75, 3.05) is 5.32 Å². The van der Waals surface area contributed by atoms with Crippen LogP contribution in [0.5, 0.6) is 11.5 Å². The van der Waals surface area contributed by atoms with Crippen LogP contribution in [0.15, 0.2) is 35.7 Å². The molecule has 1 aliphatic rings. The standard InChI is InChI=1S/C15H10F2N4O3S2/c16-15(17)23-9-4-3-8(6-10(9)24-15)18-12(22)7-21-13(19-20-14(21)25)11-2-1-5-26-11/h1-6H,7H2,(H,18,22)(H,20,25). The normalized spacial score (nSPS) is 14.4. The van der Waals surface area contributed by atoms with Gasteiger partial charge in [-0.05, 0) is 35.8 Å². The Balaban J connectivity index is 1.51. The molecule has 1 aliphatic heterocycles. The van der Waals surface area contributed by atoms with Crippen molar-refractivity contribution in [2.24, 2.45) is 0 Å². The quantitative estimate of drug-likeness (QED) is 0.659. The van der Waals surface area contributed by atoms with Crippen LogP contribution in [-0.2, 0) is 11.3 Å². The fourth-order valence-electron chi connectivity index (χ4n) is 2.43. The van der Waals surface area contributed by atoms with Gasteiger partial charge in [0.1, 0.15) is 6.54 Å². The van der Waals surface area contributed by atoms with Gasteiger partial charge in [-0.15, -0.1) is 20.1 Å². The minimum atomic E-state index is -3.70. The number of nitrogens with zero attached hydrogens (tertiary/aromatic N) is 2. The number of halogens is 2. The first-order valence-electron chi connectivity index (χ1n) is 7.30. The molecule has 0 saturated carbocycles. The number of hydrogen-bond acceptors (Lipinski definition) is 6. The number of benzene rings is 1.